The number of nitro groups is 1. The zero-order chi connectivity index (χ0) is 13.2. The number of sulfone groups is 1. The van der Waals surface area contributed by atoms with Gasteiger partial charge in [-0.25, -0.2) is 8.42 Å². The molecule has 0 amide bonds. The van der Waals surface area contributed by atoms with Crippen LogP contribution < -0.4 is 5.32 Å². The summed E-state index contributed by atoms with van der Waals surface area (Å²) in [5.74, 6) is 0. The van der Waals surface area contributed by atoms with E-state index in [1.807, 2.05) is 0 Å². The van der Waals surface area contributed by atoms with Gasteiger partial charge in [0.1, 0.15) is 4.21 Å². The lowest BCUT2D eigenvalue weighted by atomic mass is 10.3. The van der Waals surface area contributed by atoms with Crippen molar-refractivity contribution in [3.63, 3.8) is 0 Å². The highest BCUT2D eigenvalue weighted by Gasteiger charge is 2.24. The number of hydrogen-bond donors (Lipinski definition) is 2. The lowest BCUT2D eigenvalue weighted by Gasteiger charge is -2.08. The van der Waals surface area contributed by atoms with Crippen LogP contribution in [0.3, 0.4) is 0 Å². The van der Waals surface area contributed by atoms with Gasteiger partial charge in [0, 0.05) is 18.4 Å². The summed E-state index contributed by atoms with van der Waals surface area (Å²) in [7, 11) is -3.47. The molecule has 1 heterocycles. The van der Waals surface area contributed by atoms with E-state index in [0.717, 1.165) is 23.7 Å². The molecule has 1 aromatic rings. The van der Waals surface area contributed by atoms with Crippen LogP contribution in [0.2, 0.25) is 0 Å². The summed E-state index contributed by atoms with van der Waals surface area (Å²) >= 11 is 0.787. The van der Waals surface area contributed by atoms with Crippen molar-refractivity contribution in [2.24, 2.45) is 0 Å². The Morgan fingerprint density at radius 3 is 2.65 bits per heavy atom. The van der Waals surface area contributed by atoms with Crippen molar-refractivity contribution in [3.8, 4) is 0 Å². The number of anilines is 1. The molecule has 0 radical (unpaired) electrons. The van der Waals surface area contributed by atoms with Gasteiger partial charge >= 0.3 is 5.69 Å². The molecule has 17 heavy (non-hydrogen) atoms. The standard InChI is InChI=1S/C8H12N2O5S2/c1-5(4-11)9-8-6(10(12)13)3-7(16-8)17(2,14)15/h3,5,9,11H,4H2,1-2H3. The van der Waals surface area contributed by atoms with Crippen LogP contribution in [0.4, 0.5) is 10.7 Å². The Bertz CT molecular complexity index is 522. The van der Waals surface area contributed by atoms with E-state index in [-0.39, 0.29) is 27.5 Å². The molecule has 0 saturated carbocycles. The van der Waals surface area contributed by atoms with E-state index in [9.17, 15) is 18.5 Å². The molecule has 0 saturated heterocycles. The molecule has 1 aromatic heterocycles. The first-order chi connectivity index (χ1) is 7.75. The monoisotopic (exact) mass is 280 g/mol. The Morgan fingerprint density at radius 2 is 2.24 bits per heavy atom. The third-order valence-electron chi connectivity index (χ3n) is 1.90. The fourth-order valence-electron chi connectivity index (χ4n) is 1.05. The summed E-state index contributed by atoms with van der Waals surface area (Å²) in [6.07, 6.45) is 0.988. The Morgan fingerprint density at radius 1 is 1.65 bits per heavy atom. The number of aliphatic hydroxyl groups is 1. The van der Waals surface area contributed by atoms with Crippen LogP contribution in [0.25, 0.3) is 0 Å². The second-order valence-electron chi connectivity index (χ2n) is 3.54. The van der Waals surface area contributed by atoms with Crippen LogP contribution in [0.5, 0.6) is 0 Å². The summed E-state index contributed by atoms with van der Waals surface area (Å²) in [4.78, 5) is 10.1. The largest absolute Gasteiger partial charge is 0.394 e. The first-order valence-electron chi connectivity index (χ1n) is 4.61. The minimum absolute atomic E-state index is 0.0724. The average molecular weight is 280 g/mol. The summed E-state index contributed by atoms with van der Waals surface area (Å²) < 4.78 is 22.5. The molecule has 0 aromatic carbocycles. The van der Waals surface area contributed by atoms with Gasteiger partial charge < -0.3 is 10.4 Å². The molecule has 0 aliphatic carbocycles. The molecule has 0 spiro atoms. The number of nitrogens with one attached hydrogen (secondary N) is 1. The number of aliphatic hydroxyl groups excluding tert-OH is 1. The van der Waals surface area contributed by atoms with Crippen LogP contribution in [0.1, 0.15) is 6.92 Å². The van der Waals surface area contributed by atoms with Crippen LogP contribution >= 0.6 is 11.3 Å². The van der Waals surface area contributed by atoms with Gasteiger partial charge in [-0.2, -0.15) is 0 Å². The predicted molar refractivity (Wildman–Crippen MR) is 64.3 cm³/mol. The molecular weight excluding hydrogens is 268 g/mol. The van der Waals surface area contributed by atoms with Crippen molar-refractivity contribution < 1.29 is 18.4 Å². The van der Waals surface area contributed by atoms with E-state index in [4.69, 9.17) is 5.11 Å². The van der Waals surface area contributed by atoms with Crippen molar-refractivity contribution in [3.05, 3.63) is 16.2 Å². The van der Waals surface area contributed by atoms with E-state index >= 15 is 0 Å². The molecule has 9 heteroatoms. The fourth-order valence-corrected chi connectivity index (χ4v) is 3.10. The second-order valence-corrected chi connectivity index (χ2v) is 6.83. The highest BCUT2D eigenvalue weighted by molar-refractivity contribution is 7.92. The van der Waals surface area contributed by atoms with E-state index in [2.05, 4.69) is 5.32 Å². The van der Waals surface area contributed by atoms with Gasteiger partial charge in [0.15, 0.2) is 14.8 Å². The smallest absolute Gasteiger partial charge is 0.304 e. The molecular formula is C8H12N2O5S2. The number of nitrogens with zero attached hydrogens (tertiary/aromatic N) is 1. The molecule has 0 aliphatic rings. The highest BCUT2D eigenvalue weighted by atomic mass is 32.2. The van der Waals surface area contributed by atoms with E-state index < -0.39 is 14.8 Å². The first kappa shape index (κ1) is 13.9. The van der Waals surface area contributed by atoms with Crippen molar-refractivity contribution in [1.29, 1.82) is 0 Å². The maximum Gasteiger partial charge on any atom is 0.304 e. The van der Waals surface area contributed by atoms with Crippen LogP contribution in [-0.4, -0.2) is 37.4 Å². The van der Waals surface area contributed by atoms with Crippen molar-refractivity contribution in [2.45, 2.75) is 17.2 Å². The number of thiophene rings is 1. The molecule has 2 N–H and O–H groups in total. The van der Waals surface area contributed by atoms with Gasteiger partial charge in [0.2, 0.25) is 0 Å². The van der Waals surface area contributed by atoms with Gasteiger partial charge in [-0.1, -0.05) is 11.3 Å². The average Bonchev–Trinajstić information content (AvgIpc) is 2.61. The summed E-state index contributed by atoms with van der Waals surface area (Å²) in [6, 6.07) is 0.631. The van der Waals surface area contributed by atoms with Crippen LogP contribution in [0.15, 0.2) is 10.3 Å². The minimum Gasteiger partial charge on any atom is -0.394 e. The molecule has 0 fully saturated rings. The summed E-state index contributed by atoms with van der Waals surface area (Å²) in [6.45, 7) is 1.42. The molecule has 0 aliphatic heterocycles. The fraction of sp³-hybridized carbons (Fsp3) is 0.500. The maximum absolute atomic E-state index is 11.3. The molecule has 96 valence electrons. The summed E-state index contributed by atoms with van der Waals surface area (Å²) in [5, 5.41) is 22.4. The van der Waals surface area contributed by atoms with Crippen LogP contribution in [0, 0.1) is 10.1 Å². The Labute approximate surface area is 102 Å². The zero-order valence-corrected chi connectivity index (χ0v) is 10.8. The Kier molecular flexibility index (Phi) is 4.07. The molecule has 1 atom stereocenters. The topological polar surface area (TPSA) is 110 Å². The van der Waals surface area contributed by atoms with Gasteiger partial charge in [-0.15, -0.1) is 0 Å². The van der Waals surface area contributed by atoms with E-state index in [0.29, 0.717) is 0 Å². The van der Waals surface area contributed by atoms with Crippen molar-refractivity contribution in [2.75, 3.05) is 18.2 Å². The van der Waals surface area contributed by atoms with Gasteiger partial charge in [0.05, 0.1) is 11.5 Å². The quantitative estimate of drug-likeness (QED) is 0.611. The Hall–Kier alpha value is -1.19. The van der Waals surface area contributed by atoms with Gasteiger partial charge in [0.25, 0.3) is 0 Å². The van der Waals surface area contributed by atoms with E-state index in [1.165, 1.54) is 0 Å². The SMILES string of the molecule is CC(CO)Nc1sc(S(C)(=O)=O)cc1[N+](=O)[O-]. The minimum atomic E-state index is -3.47. The van der Waals surface area contributed by atoms with Crippen LogP contribution in [-0.2, 0) is 9.84 Å². The van der Waals surface area contributed by atoms with Gasteiger partial charge in [-0.05, 0) is 6.92 Å². The maximum atomic E-state index is 11.3. The number of rotatable bonds is 5. The third-order valence-corrected chi connectivity index (χ3v) is 4.76. The lowest BCUT2D eigenvalue weighted by molar-refractivity contribution is -0.383. The normalized spacial score (nSPS) is 13.4. The lowest BCUT2D eigenvalue weighted by Crippen LogP contribution is -2.18. The Balaban J connectivity index is 3.19. The highest BCUT2D eigenvalue weighted by Crippen LogP contribution is 2.37. The molecule has 1 rings (SSSR count). The predicted octanol–water partition coefficient (Wildman–Crippen LogP) is 0.852. The third kappa shape index (κ3) is 3.38. The molecule has 0 bridgehead atoms. The zero-order valence-electron chi connectivity index (χ0n) is 9.21. The summed E-state index contributed by atoms with van der Waals surface area (Å²) in [5.41, 5.74) is -0.296. The van der Waals surface area contributed by atoms with Gasteiger partial charge in [-0.3, -0.25) is 10.1 Å². The molecule has 7 nitrogen and oxygen atoms in total. The van der Waals surface area contributed by atoms with Crippen molar-refractivity contribution in [1.82, 2.24) is 0 Å². The van der Waals surface area contributed by atoms with Crippen molar-refractivity contribution >= 4 is 31.9 Å². The van der Waals surface area contributed by atoms with E-state index in [1.54, 1.807) is 6.92 Å². The molecule has 1 unspecified atom stereocenters. The number of hydrogen-bond acceptors (Lipinski definition) is 7. The second kappa shape index (κ2) is 4.98. The first-order valence-corrected chi connectivity index (χ1v) is 7.32.